The number of alkyl halides is 1. The largest absolute Gasteiger partial charge is 0.381 e. The van der Waals surface area contributed by atoms with E-state index >= 15 is 0 Å². The van der Waals surface area contributed by atoms with E-state index in [0.29, 0.717) is 10.7 Å². The quantitative estimate of drug-likeness (QED) is 0.799. The SMILES string of the molecule is BrC(Cc1ccc2ccccc2n1)C1CCOCC1. The smallest absolute Gasteiger partial charge is 0.0705 e. The predicted molar refractivity (Wildman–Crippen MR) is 81.7 cm³/mol. The monoisotopic (exact) mass is 319 g/mol. The lowest BCUT2D eigenvalue weighted by atomic mass is 9.94. The molecule has 19 heavy (non-hydrogen) atoms. The van der Waals surface area contributed by atoms with Gasteiger partial charge in [-0.2, -0.15) is 0 Å². The van der Waals surface area contributed by atoms with Crippen molar-refractivity contribution in [2.75, 3.05) is 13.2 Å². The Kier molecular flexibility index (Phi) is 4.14. The number of nitrogens with zero attached hydrogens (tertiary/aromatic N) is 1. The maximum atomic E-state index is 5.42. The minimum absolute atomic E-state index is 0.505. The van der Waals surface area contributed by atoms with Crippen LogP contribution in [0.15, 0.2) is 36.4 Å². The van der Waals surface area contributed by atoms with Crippen molar-refractivity contribution in [1.82, 2.24) is 4.98 Å². The van der Waals surface area contributed by atoms with Gasteiger partial charge >= 0.3 is 0 Å². The molecule has 2 nitrogen and oxygen atoms in total. The van der Waals surface area contributed by atoms with E-state index in [0.717, 1.165) is 38.0 Å². The molecule has 1 fully saturated rings. The minimum Gasteiger partial charge on any atom is -0.381 e. The second kappa shape index (κ2) is 6.02. The van der Waals surface area contributed by atoms with E-state index in [-0.39, 0.29) is 0 Å². The lowest BCUT2D eigenvalue weighted by Gasteiger charge is -2.26. The van der Waals surface area contributed by atoms with Gasteiger partial charge in [0, 0.05) is 35.5 Å². The zero-order chi connectivity index (χ0) is 13.1. The number of benzene rings is 1. The molecule has 0 aliphatic carbocycles. The summed E-state index contributed by atoms with van der Waals surface area (Å²) in [6, 6.07) is 12.6. The third-order valence-electron chi connectivity index (χ3n) is 3.84. The van der Waals surface area contributed by atoms with Crippen LogP contribution in [0.3, 0.4) is 0 Å². The maximum absolute atomic E-state index is 5.42. The number of aromatic nitrogens is 1. The van der Waals surface area contributed by atoms with Crippen LogP contribution in [0.2, 0.25) is 0 Å². The Bertz CT molecular complexity index is 551. The number of hydrogen-bond donors (Lipinski definition) is 0. The molecule has 1 aliphatic heterocycles. The van der Waals surface area contributed by atoms with Gasteiger partial charge in [-0.1, -0.05) is 40.2 Å². The van der Waals surface area contributed by atoms with Gasteiger partial charge in [0.15, 0.2) is 0 Å². The van der Waals surface area contributed by atoms with E-state index in [1.165, 1.54) is 11.1 Å². The third-order valence-corrected chi connectivity index (χ3v) is 4.91. The molecule has 0 N–H and O–H groups in total. The summed E-state index contributed by atoms with van der Waals surface area (Å²) in [6.07, 6.45) is 3.31. The fraction of sp³-hybridized carbons (Fsp3) is 0.438. The molecule has 1 aromatic heterocycles. The summed E-state index contributed by atoms with van der Waals surface area (Å²) in [5.41, 5.74) is 2.26. The van der Waals surface area contributed by atoms with Crippen LogP contribution in [-0.4, -0.2) is 23.0 Å². The van der Waals surface area contributed by atoms with Crippen LogP contribution in [0.25, 0.3) is 10.9 Å². The minimum atomic E-state index is 0.505. The fourth-order valence-corrected chi connectivity index (χ4v) is 3.53. The number of ether oxygens (including phenoxy) is 1. The van der Waals surface area contributed by atoms with Crippen molar-refractivity contribution in [2.24, 2.45) is 5.92 Å². The van der Waals surface area contributed by atoms with E-state index in [4.69, 9.17) is 9.72 Å². The standard InChI is InChI=1S/C16H18BrNO/c17-15(12-7-9-19-10-8-12)11-14-6-5-13-3-1-2-4-16(13)18-14/h1-6,12,15H,7-11H2. The van der Waals surface area contributed by atoms with Crippen molar-refractivity contribution in [3.8, 4) is 0 Å². The number of hydrogen-bond acceptors (Lipinski definition) is 2. The summed E-state index contributed by atoms with van der Waals surface area (Å²) < 4.78 is 5.42. The average Bonchev–Trinajstić information content (AvgIpc) is 2.48. The van der Waals surface area contributed by atoms with Crippen molar-refractivity contribution in [1.29, 1.82) is 0 Å². The molecular weight excluding hydrogens is 302 g/mol. The molecule has 3 rings (SSSR count). The molecule has 2 aromatic rings. The Hall–Kier alpha value is -0.930. The van der Waals surface area contributed by atoms with Crippen molar-refractivity contribution in [3.05, 3.63) is 42.1 Å². The highest BCUT2D eigenvalue weighted by atomic mass is 79.9. The van der Waals surface area contributed by atoms with Crippen molar-refractivity contribution < 1.29 is 4.74 Å². The number of halogens is 1. The molecule has 1 unspecified atom stereocenters. The van der Waals surface area contributed by atoms with E-state index in [9.17, 15) is 0 Å². The van der Waals surface area contributed by atoms with Crippen molar-refractivity contribution >= 4 is 26.8 Å². The topological polar surface area (TPSA) is 22.1 Å². The Balaban J connectivity index is 1.73. The van der Waals surface area contributed by atoms with Crippen LogP contribution in [0, 0.1) is 5.92 Å². The summed E-state index contributed by atoms with van der Waals surface area (Å²) >= 11 is 3.84. The fourth-order valence-electron chi connectivity index (χ4n) is 2.67. The van der Waals surface area contributed by atoms with Crippen LogP contribution >= 0.6 is 15.9 Å². The first-order valence-corrected chi connectivity index (χ1v) is 7.81. The van der Waals surface area contributed by atoms with Crippen LogP contribution in [0.1, 0.15) is 18.5 Å². The van der Waals surface area contributed by atoms with E-state index in [2.05, 4.69) is 46.3 Å². The molecule has 1 atom stereocenters. The lowest BCUT2D eigenvalue weighted by molar-refractivity contribution is 0.0662. The Labute approximate surface area is 122 Å². The van der Waals surface area contributed by atoms with E-state index < -0.39 is 0 Å². The number of rotatable bonds is 3. The second-order valence-corrected chi connectivity index (χ2v) is 6.34. The molecule has 3 heteroatoms. The molecule has 0 spiro atoms. The highest BCUT2D eigenvalue weighted by molar-refractivity contribution is 9.09. The van der Waals surface area contributed by atoms with Crippen LogP contribution in [-0.2, 0) is 11.2 Å². The summed E-state index contributed by atoms with van der Waals surface area (Å²) in [5, 5.41) is 1.21. The predicted octanol–water partition coefficient (Wildman–Crippen LogP) is 3.97. The Morgan fingerprint density at radius 3 is 2.79 bits per heavy atom. The number of para-hydroxylation sites is 1. The van der Waals surface area contributed by atoms with Crippen LogP contribution in [0.5, 0.6) is 0 Å². The molecule has 0 saturated carbocycles. The van der Waals surface area contributed by atoms with Gasteiger partial charge in [-0.15, -0.1) is 0 Å². The van der Waals surface area contributed by atoms with Crippen LogP contribution in [0.4, 0.5) is 0 Å². The van der Waals surface area contributed by atoms with E-state index in [1.54, 1.807) is 0 Å². The molecule has 1 saturated heterocycles. The number of fused-ring (bicyclic) bond motifs is 1. The first kappa shape index (κ1) is 13.1. The van der Waals surface area contributed by atoms with Gasteiger partial charge in [0.1, 0.15) is 0 Å². The Morgan fingerprint density at radius 2 is 1.95 bits per heavy atom. The normalized spacial score (nSPS) is 18.6. The highest BCUT2D eigenvalue weighted by Gasteiger charge is 2.22. The summed E-state index contributed by atoms with van der Waals surface area (Å²) in [7, 11) is 0. The molecule has 0 amide bonds. The van der Waals surface area contributed by atoms with Crippen LogP contribution < -0.4 is 0 Å². The summed E-state index contributed by atoms with van der Waals surface area (Å²) in [5.74, 6) is 0.710. The number of pyridine rings is 1. The molecule has 1 aliphatic rings. The van der Waals surface area contributed by atoms with Crippen molar-refractivity contribution in [2.45, 2.75) is 24.1 Å². The average molecular weight is 320 g/mol. The van der Waals surface area contributed by atoms with Gasteiger partial charge in [-0.3, -0.25) is 4.98 Å². The van der Waals surface area contributed by atoms with Gasteiger partial charge in [0.2, 0.25) is 0 Å². The third kappa shape index (κ3) is 3.15. The first-order valence-electron chi connectivity index (χ1n) is 6.89. The molecule has 2 heterocycles. The Morgan fingerprint density at radius 1 is 1.16 bits per heavy atom. The van der Waals surface area contributed by atoms with E-state index in [1.807, 2.05) is 6.07 Å². The first-order chi connectivity index (χ1) is 9.33. The van der Waals surface area contributed by atoms with Crippen molar-refractivity contribution in [3.63, 3.8) is 0 Å². The zero-order valence-corrected chi connectivity index (χ0v) is 12.5. The highest BCUT2D eigenvalue weighted by Crippen LogP contribution is 2.27. The van der Waals surface area contributed by atoms with Gasteiger partial charge in [0.05, 0.1) is 5.52 Å². The van der Waals surface area contributed by atoms with Gasteiger partial charge in [0.25, 0.3) is 0 Å². The van der Waals surface area contributed by atoms with Gasteiger partial charge in [-0.25, -0.2) is 0 Å². The summed E-state index contributed by atoms with van der Waals surface area (Å²) in [4.78, 5) is 5.25. The molecule has 1 aromatic carbocycles. The molecule has 0 bridgehead atoms. The summed E-state index contributed by atoms with van der Waals surface area (Å²) in [6.45, 7) is 1.80. The molecular formula is C16H18BrNO. The molecule has 100 valence electrons. The zero-order valence-electron chi connectivity index (χ0n) is 10.9. The van der Waals surface area contributed by atoms with Gasteiger partial charge < -0.3 is 4.74 Å². The lowest BCUT2D eigenvalue weighted by Crippen LogP contribution is -2.25. The van der Waals surface area contributed by atoms with Gasteiger partial charge in [-0.05, 0) is 30.9 Å². The maximum Gasteiger partial charge on any atom is 0.0705 e. The second-order valence-electron chi connectivity index (χ2n) is 5.17. The molecule has 0 radical (unpaired) electrons.